The van der Waals surface area contributed by atoms with E-state index in [-0.39, 0.29) is 30.2 Å². The Morgan fingerprint density at radius 1 is 1.50 bits per heavy atom. The second kappa shape index (κ2) is 6.50. The Hall–Kier alpha value is -0.650. The lowest BCUT2D eigenvalue weighted by Gasteiger charge is -2.31. The lowest BCUT2D eigenvalue weighted by molar-refractivity contribution is 0.0708. The van der Waals surface area contributed by atoms with E-state index >= 15 is 0 Å². The summed E-state index contributed by atoms with van der Waals surface area (Å²) in [4.78, 5) is 13.9. The predicted octanol–water partition coefficient (Wildman–Crippen LogP) is 2.57. The zero-order valence-corrected chi connectivity index (χ0v) is 12.1. The number of likely N-dealkylation sites (tertiary alicyclic amines) is 1. The van der Waals surface area contributed by atoms with Crippen LogP contribution in [0.1, 0.15) is 23.2 Å². The van der Waals surface area contributed by atoms with Crippen molar-refractivity contribution in [2.75, 3.05) is 13.1 Å². The van der Waals surface area contributed by atoms with Gasteiger partial charge < -0.3 is 10.6 Å². The van der Waals surface area contributed by atoms with Gasteiger partial charge in [0.1, 0.15) is 5.82 Å². The van der Waals surface area contributed by atoms with Gasteiger partial charge in [0.2, 0.25) is 0 Å². The minimum Gasteiger partial charge on any atom is -0.337 e. The van der Waals surface area contributed by atoms with Crippen molar-refractivity contribution < 1.29 is 9.18 Å². The van der Waals surface area contributed by atoms with Gasteiger partial charge in [-0.05, 0) is 47.0 Å². The lowest BCUT2D eigenvalue weighted by atomic mass is 10.1. The fourth-order valence-electron chi connectivity index (χ4n) is 2.03. The number of carbonyl (C=O) groups excluding carboxylic acids is 1. The van der Waals surface area contributed by atoms with Crippen LogP contribution >= 0.6 is 28.3 Å². The molecule has 18 heavy (non-hydrogen) atoms. The topological polar surface area (TPSA) is 46.3 Å². The smallest absolute Gasteiger partial charge is 0.255 e. The van der Waals surface area contributed by atoms with Crippen LogP contribution in [-0.4, -0.2) is 29.9 Å². The van der Waals surface area contributed by atoms with Gasteiger partial charge in [0.05, 0.1) is 5.56 Å². The Morgan fingerprint density at radius 2 is 2.22 bits per heavy atom. The first kappa shape index (κ1) is 15.4. The third kappa shape index (κ3) is 3.43. The van der Waals surface area contributed by atoms with Crippen molar-refractivity contribution in [2.45, 2.75) is 18.9 Å². The second-order valence-electron chi connectivity index (χ2n) is 4.28. The molecule has 0 spiro atoms. The summed E-state index contributed by atoms with van der Waals surface area (Å²) >= 11 is 3.21. The number of nitrogens with two attached hydrogens (primary N) is 1. The molecule has 0 radical (unpaired) electrons. The molecule has 1 aliphatic heterocycles. The molecule has 1 fully saturated rings. The van der Waals surface area contributed by atoms with Gasteiger partial charge in [-0.3, -0.25) is 4.79 Å². The normalized spacial score (nSPS) is 19.3. The largest absolute Gasteiger partial charge is 0.337 e. The molecule has 2 rings (SSSR count). The van der Waals surface area contributed by atoms with Crippen molar-refractivity contribution in [3.05, 3.63) is 34.1 Å². The molecular weight excluding hydrogens is 322 g/mol. The maximum atomic E-state index is 12.9. The Bertz CT molecular complexity index is 444. The molecule has 3 nitrogen and oxygen atoms in total. The number of hydrogen-bond acceptors (Lipinski definition) is 2. The van der Waals surface area contributed by atoms with Crippen molar-refractivity contribution >= 4 is 34.2 Å². The summed E-state index contributed by atoms with van der Waals surface area (Å²) in [6.07, 6.45) is 1.88. The molecule has 1 aromatic carbocycles. The minimum absolute atomic E-state index is 0. The van der Waals surface area contributed by atoms with Crippen molar-refractivity contribution in [2.24, 2.45) is 5.73 Å². The van der Waals surface area contributed by atoms with Crippen molar-refractivity contribution in [1.82, 2.24) is 4.90 Å². The van der Waals surface area contributed by atoms with E-state index in [0.717, 1.165) is 19.4 Å². The molecule has 1 atom stereocenters. The van der Waals surface area contributed by atoms with Crippen LogP contribution < -0.4 is 5.73 Å². The van der Waals surface area contributed by atoms with Crippen LogP contribution in [0.2, 0.25) is 0 Å². The van der Waals surface area contributed by atoms with Crippen LogP contribution in [0.25, 0.3) is 0 Å². The summed E-state index contributed by atoms with van der Waals surface area (Å²) in [5.74, 6) is -0.448. The Labute approximate surface area is 120 Å². The highest BCUT2D eigenvalue weighted by atomic mass is 79.9. The SMILES string of the molecule is Cl.N[C@@H]1CCCN(C(=O)c2ccc(F)cc2Br)C1. The summed E-state index contributed by atoms with van der Waals surface area (Å²) < 4.78 is 13.4. The molecule has 2 N–H and O–H groups in total. The monoisotopic (exact) mass is 336 g/mol. The molecule has 0 aromatic heterocycles. The van der Waals surface area contributed by atoms with E-state index in [2.05, 4.69) is 15.9 Å². The number of piperidine rings is 1. The first-order valence-electron chi connectivity index (χ1n) is 5.58. The lowest BCUT2D eigenvalue weighted by Crippen LogP contribution is -2.45. The predicted molar refractivity (Wildman–Crippen MR) is 74.5 cm³/mol. The van der Waals surface area contributed by atoms with E-state index < -0.39 is 0 Å². The Balaban J connectivity index is 0.00000162. The first-order chi connectivity index (χ1) is 8.08. The molecule has 0 unspecified atom stereocenters. The second-order valence-corrected chi connectivity index (χ2v) is 5.13. The van der Waals surface area contributed by atoms with E-state index in [1.54, 1.807) is 4.90 Å². The molecule has 100 valence electrons. The first-order valence-corrected chi connectivity index (χ1v) is 6.37. The highest BCUT2D eigenvalue weighted by Gasteiger charge is 2.23. The fourth-order valence-corrected chi connectivity index (χ4v) is 2.55. The van der Waals surface area contributed by atoms with Crippen LogP contribution in [0.15, 0.2) is 22.7 Å². The molecular formula is C12H15BrClFN2O. The Kier molecular flexibility index (Phi) is 5.56. The molecule has 1 amide bonds. The van der Waals surface area contributed by atoms with Crippen molar-refractivity contribution in [3.63, 3.8) is 0 Å². The average Bonchev–Trinajstić information content (AvgIpc) is 2.28. The average molecular weight is 338 g/mol. The van der Waals surface area contributed by atoms with Crippen LogP contribution in [0, 0.1) is 5.82 Å². The number of rotatable bonds is 1. The molecule has 1 aliphatic rings. The molecule has 1 heterocycles. The van der Waals surface area contributed by atoms with E-state index in [9.17, 15) is 9.18 Å². The molecule has 0 saturated carbocycles. The number of carbonyl (C=O) groups is 1. The van der Waals surface area contributed by atoms with Crippen LogP contribution in [-0.2, 0) is 0 Å². The van der Waals surface area contributed by atoms with Gasteiger partial charge in [0.25, 0.3) is 5.91 Å². The van der Waals surface area contributed by atoms with Crippen molar-refractivity contribution in [1.29, 1.82) is 0 Å². The van der Waals surface area contributed by atoms with Gasteiger partial charge in [-0.2, -0.15) is 0 Å². The summed E-state index contributed by atoms with van der Waals surface area (Å²) in [6, 6.07) is 4.15. The maximum Gasteiger partial charge on any atom is 0.255 e. The molecule has 0 bridgehead atoms. The van der Waals surface area contributed by atoms with Crippen LogP contribution in [0.5, 0.6) is 0 Å². The molecule has 6 heteroatoms. The summed E-state index contributed by atoms with van der Waals surface area (Å²) in [5.41, 5.74) is 6.32. The number of hydrogen-bond donors (Lipinski definition) is 1. The highest BCUT2D eigenvalue weighted by Crippen LogP contribution is 2.21. The third-order valence-corrected chi connectivity index (χ3v) is 3.56. The summed E-state index contributed by atoms with van der Waals surface area (Å²) in [7, 11) is 0. The number of nitrogens with zero attached hydrogens (tertiary/aromatic N) is 1. The molecule has 1 saturated heterocycles. The van der Waals surface area contributed by atoms with Gasteiger partial charge in [0, 0.05) is 23.6 Å². The minimum atomic E-state index is -0.358. The molecule has 0 aliphatic carbocycles. The van der Waals surface area contributed by atoms with Crippen LogP contribution in [0.4, 0.5) is 4.39 Å². The maximum absolute atomic E-state index is 12.9. The van der Waals surface area contributed by atoms with Gasteiger partial charge in [-0.1, -0.05) is 0 Å². The highest BCUT2D eigenvalue weighted by molar-refractivity contribution is 9.10. The van der Waals surface area contributed by atoms with Crippen molar-refractivity contribution in [3.8, 4) is 0 Å². The summed E-state index contributed by atoms with van der Waals surface area (Å²) in [6.45, 7) is 1.29. The van der Waals surface area contributed by atoms with E-state index in [1.165, 1.54) is 18.2 Å². The van der Waals surface area contributed by atoms with Gasteiger partial charge >= 0.3 is 0 Å². The van der Waals surface area contributed by atoms with E-state index in [1.807, 2.05) is 0 Å². The van der Waals surface area contributed by atoms with Gasteiger partial charge in [0.15, 0.2) is 0 Å². The van der Waals surface area contributed by atoms with Gasteiger partial charge in [-0.25, -0.2) is 4.39 Å². The fraction of sp³-hybridized carbons (Fsp3) is 0.417. The van der Waals surface area contributed by atoms with E-state index in [0.29, 0.717) is 16.6 Å². The van der Waals surface area contributed by atoms with Crippen LogP contribution in [0.3, 0.4) is 0 Å². The van der Waals surface area contributed by atoms with E-state index in [4.69, 9.17) is 5.73 Å². The number of benzene rings is 1. The zero-order valence-electron chi connectivity index (χ0n) is 9.73. The zero-order chi connectivity index (χ0) is 12.4. The number of halogens is 3. The third-order valence-electron chi connectivity index (χ3n) is 2.91. The number of amides is 1. The standard InChI is InChI=1S/C12H14BrFN2O.ClH/c13-11-6-8(14)3-4-10(11)12(17)16-5-1-2-9(15)7-16;/h3-4,6,9H,1-2,5,7,15H2;1H/t9-;/m1./s1. The quantitative estimate of drug-likeness (QED) is 0.856. The Morgan fingerprint density at radius 3 is 2.83 bits per heavy atom. The van der Waals surface area contributed by atoms with Gasteiger partial charge in [-0.15, -0.1) is 12.4 Å². The molecule has 1 aromatic rings. The summed E-state index contributed by atoms with van der Waals surface area (Å²) in [5, 5.41) is 0.